The molecule has 194 valence electrons. The zero-order chi connectivity index (χ0) is 25.6. The van der Waals surface area contributed by atoms with Gasteiger partial charge in [-0.2, -0.15) is 0 Å². The molecular weight excluding hydrogens is 465 g/mol. The third-order valence-electron chi connectivity index (χ3n) is 7.86. The Morgan fingerprint density at radius 2 is 1.81 bits per heavy atom. The van der Waals surface area contributed by atoms with Crippen molar-refractivity contribution < 1.29 is 13.7 Å². The van der Waals surface area contributed by atoms with Gasteiger partial charge in [0.2, 0.25) is 5.91 Å². The number of halogens is 1. The van der Waals surface area contributed by atoms with E-state index in [0.29, 0.717) is 0 Å². The van der Waals surface area contributed by atoms with Crippen LogP contribution in [0.1, 0.15) is 54.5 Å². The second-order valence-corrected chi connectivity index (χ2v) is 10.6. The zero-order valence-corrected chi connectivity index (χ0v) is 21.6. The predicted octanol–water partition coefficient (Wildman–Crippen LogP) is 5.97. The Labute approximate surface area is 218 Å². The SMILES string of the molecule is Cc1cc(-c2ccc3c(c2)CCN(CCC2CCC(NC(=O)/C=C/c4ccc(F)cc4)CC2)CC3)on1. The van der Waals surface area contributed by atoms with Crippen molar-refractivity contribution in [2.45, 2.75) is 57.9 Å². The lowest BCUT2D eigenvalue weighted by Gasteiger charge is -2.30. The summed E-state index contributed by atoms with van der Waals surface area (Å²) in [6, 6.07) is 15.1. The molecule has 1 aliphatic heterocycles. The second kappa shape index (κ2) is 11.9. The highest BCUT2D eigenvalue weighted by atomic mass is 19.1. The van der Waals surface area contributed by atoms with Crippen LogP contribution in [0.3, 0.4) is 0 Å². The number of amides is 1. The largest absolute Gasteiger partial charge is 0.356 e. The Morgan fingerprint density at radius 3 is 2.54 bits per heavy atom. The highest BCUT2D eigenvalue weighted by Crippen LogP contribution is 2.29. The first-order valence-electron chi connectivity index (χ1n) is 13.5. The van der Waals surface area contributed by atoms with Crippen molar-refractivity contribution in [3.8, 4) is 11.3 Å². The molecule has 0 saturated heterocycles. The Bertz CT molecular complexity index is 1230. The van der Waals surface area contributed by atoms with E-state index in [2.05, 4.69) is 33.6 Å². The van der Waals surface area contributed by atoms with Crippen LogP contribution in [0.2, 0.25) is 0 Å². The summed E-state index contributed by atoms with van der Waals surface area (Å²) in [6.07, 6.45) is 11.1. The monoisotopic (exact) mass is 501 g/mol. The molecule has 3 aromatic rings. The molecule has 5 nitrogen and oxygen atoms in total. The molecule has 0 atom stereocenters. The van der Waals surface area contributed by atoms with E-state index in [0.717, 1.165) is 73.8 Å². The van der Waals surface area contributed by atoms with E-state index in [1.54, 1.807) is 24.3 Å². The number of nitrogens with zero attached hydrogens (tertiary/aromatic N) is 2. The number of nitrogens with one attached hydrogen (secondary N) is 1. The summed E-state index contributed by atoms with van der Waals surface area (Å²) in [7, 11) is 0. The fourth-order valence-electron chi connectivity index (χ4n) is 5.60. The maximum atomic E-state index is 13.0. The number of aryl methyl sites for hydroxylation is 1. The third-order valence-corrected chi connectivity index (χ3v) is 7.86. The summed E-state index contributed by atoms with van der Waals surface area (Å²) in [5.41, 5.74) is 5.72. The van der Waals surface area contributed by atoms with E-state index < -0.39 is 0 Å². The van der Waals surface area contributed by atoms with E-state index in [-0.39, 0.29) is 17.8 Å². The quantitative estimate of drug-likeness (QED) is 0.406. The Balaban J connectivity index is 1.03. The zero-order valence-electron chi connectivity index (χ0n) is 21.6. The molecule has 2 aliphatic rings. The van der Waals surface area contributed by atoms with Gasteiger partial charge in [0.25, 0.3) is 0 Å². The van der Waals surface area contributed by atoms with Crippen LogP contribution in [0.4, 0.5) is 4.39 Å². The van der Waals surface area contributed by atoms with Crippen LogP contribution in [-0.2, 0) is 17.6 Å². The molecule has 1 fully saturated rings. The first-order valence-corrected chi connectivity index (χ1v) is 13.5. The van der Waals surface area contributed by atoms with Crippen molar-refractivity contribution >= 4 is 12.0 Å². The molecule has 0 radical (unpaired) electrons. The molecule has 5 rings (SSSR count). The van der Waals surface area contributed by atoms with Gasteiger partial charge in [-0.25, -0.2) is 4.39 Å². The maximum Gasteiger partial charge on any atom is 0.244 e. The van der Waals surface area contributed by atoms with Crippen molar-refractivity contribution in [2.24, 2.45) is 5.92 Å². The van der Waals surface area contributed by atoms with Crippen molar-refractivity contribution in [3.05, 3.63) is 82.8 Å². The Kier molecular flexibility index (Phi) is 8.15. The first kappa shape index (κ1) is 25.4. The first-order chi connectivity index (χ1) is 18.0. The molecule has 2 heterocycles. The van der Waals surface area contributed by atoms with Gasteiger partial charge < -0.3 is 14.7 Å². The van der Waals surface area contributed by atoms with Gasteiger partial charge in [-0.3, -0.25) is 4.79 Å². The van der Waals surface area contributed by atoms with Crippen molar-refractivity contribution in [3.63, 3.8) is 0 Å². The summed E-state index contributed by atoms with van der Waals surface area (Å²) in [5.74, 6) is 1.23. The fraction of sp³-hybridized carbons (Fsp3) is 0.419. The molecule has 1 amide bonds. The van der Waals surface area contributed by atoms with Crippen molar-refractivity contribution in [2.75, 3.05) is 19.6 Å². The molecule has 0 spiro atoms. The smallest absolute Gasteiger partial charge is 0.244 e. The fourth-order valence-corrected chi connectivity index (χ4v) is 5.60. The second-order valence-electron chi connectivity index (χ2n) is 10.6. The van der Waals surface area contributed by atoms with Gasteiger partial charge in [-0.05, 0) is 105 Å². The molecule has 1 N–H and O–H groups in total. The lowest BCUT2D eigenvalue weighted by Crippen LogP contribution is -2.37. The van der Waals surface area contributed by atoms with Gasteiger partial charge in [0.15, 0.2) is 5.76 Å². The van der Waals surface area contributed by atoms with Gasteiger partial charge in [0, 0.05) is 36.8 Å². The van der Waals surface area contributed by atoms with Gasteiger partial charge in [0.05, 0.1) is 5.69 Å². The van der Waals surface area contributed by atoms with Crippen LogP contribution in [0.25, 0.3) is 17.4 Å². The van der Waals surface area contributed by atoms with Gasteiger partial charge in [0.1, 0.15) is 5.82 Å². The van der Waals surface area contributed by atoms with E-state index in [1.807, 2.05) is 13.0 Å². The minimum atomic E-state index is -0.271. The molecule has 6 heteroatoms. The minimum Gasteiger partial charge on any atom is -0.356 e. The topological polar surface area (TPSA) is 58.4 Å². The average molecular weight is 502 g/mol. The van der Waals surface area contributed by atoms with Crippen LogP contribution in [0.15, 0.2) is 59.1 Å². The Morgan fingerprint density at radius 1 is 1.05 bits per heavy atom. The lowest BCUT2D eigenvalue weighted by molar-refractivity contribution is -0.117. The van der Waals surface area contributed by atoms with E-state index in [4.69, 9.17) is 4.52 Å². The average Bonchev–Trinajstić information content (AvgIpc) is 3.24. The highest BCUT2D eigenvalue weighted by Gasteiger charge is 2.23. The molecule has 37 heavy (non-hydrogen) atoms. The maximum absolute atomic E-state index is 13.0. The predicted molar refractivity (Wildman–Crippen MR) is 144 cm³/mol. The third kappa shape index (κ3) is 6.95. The van der Waals surface area contributed by atoms with Crippen molar-refractivity contribution in [1.29, 1.82) is 0 Å². The molecule has 1 aromatic heterocycles. The molecule has 1 aliphatic carbocycles. The van der Waals surface area contributed by atoms with Gasteiger partial charge in [-0.15, -0.1) is 0 Å². The van der Waals surface area contributed by atoms with Gasteiger partial charge in [-0.1, -0.05) is 29.4 Å². The van der Waals surface area contributed by atoms with Crippen LogP contribution in [0.5, 0.6) is 0 Å². The van der Waals surface area contributed by atoms with Crippen LogP contribution in [0, 0.1) is 18.7 Å². The van der Waals surface area contributed by atoms with Gasteiger partial charge >= 0.3 is 0 Å². The number of hydrogen-bond donors (Lipinski definition) is 1. The highest BCUT2D eigenvalue weighted by molar-refractivity contribution is 5.91. The Hall–Kier alpha value is -3.25. The number of carbonyl (C=O) groups excluding carboxylic acids is 1. The summed E-state index contributed by atoms with van der Waals surface area (Å²) in [5, 5.41) is 7.17. The van der Waals surface area contributed by atoms with Crippen LogP contribution < -0.4 is 5.32 Å². The molecule has 0 bridgehead atoms. The molecule has 1 saturated carbocycles. The van der Waals surface area contributed by atoms with E-state index >= 15 is 0 Å². The summed E-state index contributed by atoms with van der Waals surface area (Å²) < 4.78 is 18.5. The number of fused-ring (bicyclic) bond motifs is 1. The van der Waals surface area contributed by atoms with Crippen LogP contribution >= 0.6 is 0 Å². The van der Waals surface area contributed by atoms with Crippen molar-refractivity contribution in [1.82, 2.24) is 15.4 Å². The lowest BCUT2D eigenvalue weighted by atomic mass is 9.84. The summed E-state index contributed by atoms with van der Waals surface area (Å²) in [4.78, 5) is 14.9. The normalized spacial score (nSPS) is 20.5. The number of benzene rings is 2. The summed E-state index contributed by atoms with van der Waals surface area (Å²) >= 11 is 0. The number of rotatable bonds is 7. The molecule has 0 unspecified atom stereocenters. The summed E-state index contributed by atoms with van der Waals surface area (Å²) in [6.45, 7) is 5.30. The number of aromatic nitrogens is 1. The number of hydrogen-bond acceptors (Lipinski definition) is 4. The van der Waals surface area contributed by atoms with E-state index in [9.17, 15) is 9.18 Å². The number of carbonyl (C=O) groups is 1. The standard InChI is InChI=1S/C31H36FN3O2/c1-22-20-30(37-34-22)27-8-7-25-15-18-35(19-16-26(25)21-27)17-14-24-4-11-29(12-5-24)33-31(36)13-6-23-2-9-28(32)10-3-23/h2-3,6-10,13,20-21,24,29H,4-5,11-12,14-19H2,1H3,(H,33,36)/b13-6+. The van der Waals surface area contributed by atoms with Crippen LogP contribution in [-0.4, -0.2) is 41.6 Å². The molecular formula is C31H36FN3O2. The van der Waals surface area contributed by atoms with E-state index in [1.165, 1.54) is 42.5 Å². The minimum absolute atomic E-state index is 0.0708. The molecule has 2 aromatic carbocycles.